The van der Waals surface area contributed by atoms with Crippen LogP contribution < -0.4 is 12.4 Å². The van der Waals surface area contributed by atoms with E-state index < -0.39 is 0 Å². The van der Waals surface area contributed by atoms with Crippen molar-refractivity contribution in [1.82, 2.24) is 0 Å². The molecule has 48 valence electrons. The summed E-state index contributed by atoms with van der Waals surface area (Å²) in [7, 11) is 0. The normalized spacial score (nSPS) is 6.22. The van der Waals surface area contributed by atoms with Crippen LogP contribution in [-0.4, -0.2) is 23.1 Å². The van der Waals surface area contributed by atoms with E-state index in [1.165, 1.54) is 12.8 Å². The summed E-state index contributed by atoms with van der Waals surface area (Å²) in [5, 5.41) is 0. The topological polar surface area (TPSA) is 0 Å². The zero-order valence-electron chi connectivity index (χ0n) is 5.91. The minimum Gasteiger partial charge on any atom is -1.00 e. The van der Waals surface area contributed by atoms with Crippen LogP contribution in [0.25, 0.3) is 0 Å². The van der Waals surface area contributed by atoms with Crippen molar-refractivity contribution in [2.75, 3.05) is 0 Å². The molecule has 0 nitrogen and oxygen atoms in total. The van der Waals surface area contributed by atoms with Crippen LogP contribution in [0.5, 0.6) is 0 Å². The molecule has 0 spiro atoms. The van der Waals surface area contributed by atoms with Crippen molar-refractivity contribution in [3.05, 3.63) is 6.42 Å². The minimum absolute atomic E-state index is 0. The average molecular weight is 155 g/mol. The maximum Gasteiger partial charge on any atom is 2.00 e. The van der Waals surface area contributed by atoms with Crippen molar-refractivity contribution in [2.45, 2.75) is 32.6 Å². The van der Waals surface area contributed by atoms with E-state index in [9.17, 15) is 0 Å². The molecule has 0 rings (SSSR count). The maximum absolute atomic E-state index is 6.53. The van der Waals surface area contributed by atoms with Crippen LogP contribution in [0.4, 0.5) is 0 Å². The summed E-state index contributed by atoms with van der Waals surface area (Å²) >= 11 is 0. The van der Waals surface area contributed by atoms with Crippen LogP contribution in [0.2, 0.25) is 0 Å². The van der Waals surface area contributed by atoms with Crippen LogP contribution in [0.15, 0.2) is 0 Å². The van der Waals surface area contributed by atoms with E-state index >= 15 is 0 Å². The third kappa shape index (κ3) is 17.7. The number of unbranched alkanes of at least 4 members (excludes halogenated alkanes) is 3. The molecule has 0 aromatic heterocycles. The van der Waals surface area contributed by atoms with Gasteiger partial charge in [0, 0.05) is 0 Å². The fourth-order valence-corrected chi connectivity index (χ4v) is 0.463. The van der Waals surface area contributed by atoms with Gasteiger partial charge in [-0.25, -0.2) is 0 Å². The van der Waals surface area contributed by atoms with Crippen molar-refractivity contribution in [1.29, 1.82) is 0 Å². The molecule has 0 aliphatic carbocycles. The first-order chi connectivity index (χ1) is 3.41. The van der Waals surface area contributed by atoms with Gasteiger partial charge in [-0.2, -0.15) is 0 Å². The summed E-state index contributed by atoms with van der Waals surface area (Å²) < 4.78 is 0. The van der Waals surface area contributed by atoms with Crippen LogP contribution in [-0.2, 0) is 0 Å². The van der Waals surface area contributed by atoms with Gasteiger partial charge in [-0.3, -0.25) is 0 Å². The smallest absolute Gasteiger partial charge is 1.00 e. The Kier molecular flexibility index (Phi) is 28.7. The van der Waals surface area contributed by atoms with Gasteiger partial charge in [-0.1, -0.05) is 19.8 Å². The number of hydrogen-bond donors (Lipinski definition) is 0. The summed E-state index contributed by atoms with van der Waals surface area (Å²) in [4.78, 5) is 0. The molecule has 0 bridgehead atoms. The van der Waals surface area contributed by atoms with E-state index in [0.29, 0.717) is 0 Å². The third-order valence-electron chi connectivity index (χ3n) is 0.905. The van der Waals surface area contributed by atoms with E-state index in [2.05, 4.69) is 12.8 Å². The molecule has 0 aromatic carbocycles. The summed E-state index contributed by atoms with van der Waals surface area (Å²) in [5.41, 5.74) is 0. The van der Waals surface area contributed by atoms with E-state index in [-0.39, 0.29) is 35.5 Å². The van der Waals surface area contributed by atoms with Gasteiger partial charge in [0.05, 0.1) is 0 Å². The Hall–Kier alpha value is 0.616. The molecule has 0 fully saturated rings. The van der Waals surface area contributed by atoms with Gasteiger partial charge in [-0.15, -0.1) is 0 Å². The van der Waals surface area contributed by atoms with Gasteiger partial charge in [-0.05, 0) is 12.8 Å². The first-order valence-electron chi connectivity index (χ1n) is 2.81. The Morgan fingerprint density at radius 3 is 2.22 bits per heavy atom. The molecule has 0 radical (unpaired) electrons. The second-order valence-electron chi connectivity index (χ2n) is 1.63. The van der Waals surface area contributed by atoms with Crippen LogP contribution in [0, 0.1) is 12.3 Å². The van der Waals surface area contributed by atoms with Crippen molar-refractivity contribution in [2.24, 2.45) is 0 Å². The zero-order chi connectivity index (χ0) is 5.54. The van der Waals surface area contributed by atoms with Gasteiger partial charge in [0.25, 0.3) is 0 Å². The van der Waals surface area contributed by atoms with Crippen molar-refractivity contribution < 1.29 is 12.4 Å². The van der Waals surface area contributed by atoms with Crippen molar-refractivity contribution in [3.63, 3.8) is 0 Å². The summed E-state index contributed by atoms with van der Waals surface area (Å²) in [6, 6.07) is 0. The summed E-state index contributed by atoms with van der Waals surface area (Å²) in [5.74, 6) is 2.35. The van der Waals surface area contributed by atoms with E-state index in [0.717, 1.165) is 12.8 Å². The zero-order valence-corrected chi connectivity index (χ0v) is 8.08. The van der Waals surface area contributed by atoms with E-state index in [1.807, 2.05) is 0 Å². The standard InChI is InChI=1S/C7H11.ClH.Mg/c1-3-5-7-6-4-2;;/h3,5-7H2,1H3;1H;/q-1;;+2/p-1. The third-order valence-corrected chi connectivity index (χ3v) is 0.905. The van der Waals surface area contributed by atoms with Crippen LogP contribution >= 0.6 is 0 Å². The molecule has 0 amide bonds. The molecule has 9 heavy (non-hydrogen) atoms. The maximum atomic E-state index is 6.53. The van der Waals surface area contributed by atoms with Gasteiger partial charge in [0.2, 0.25) is 0 Å². The number of halogens is 1. The van der Waals surface area contributed by atoms with E-state index in [1.54, 1.807) is 0 Å². The molecule has 0 aliphatic rings. The molecular weight excluding hydrogens is 144 g/mol. The molecule has 0 saturated carbocycles. The quantitative estimate of drug-likeness (QED) is 0.207. The molecule has 2 heteroatoms. The van der Waals surface area contributed by atoms with Crippen LogP contribution in [0.3, 0.4) is 0 Å². The summed E-state index contributed by atoms with van der Waals surface area (Å²) in [6.07, 6.45) is 11.0. The van der Waals surface area contributed by atoms with Crippen molar-refractivity contribution >= 4 is 23.1 Å². The molecule has 0 atom stereocenters. The van der Waals surface area contributed by atoms with Gasteiger partial charge in [0.1, 0.15) is 0 Å². The fourth-order valence-electron chi connectivity index (χ4n) is 0.463. The monoisotopic (exact) mass is 154 g/mol. The largest absolute Gasteiger partial charge is 2.00 e. The van der Waals surface area contributed by atoms with E-state index in [4.69, 9.17) is 6.42 Å². The predicted molar refractivity (Wildman–Crippen MR) is 37.0 cm³/mol. The predicted octanol–water partition coefficient (Wildman–Crippen LogP) is -1.22. The molecule has 0 unspecified atom stereocenters. The van der Waals surface area contributed by atoms with Gasteiger partial charge in [0.15, 0.2) is 0 Å². The Morgan fingerprint density at radius 1 is 1.33 bits per heavy atom. The van der Waals surface area contributed by atoms with Crippen LogP contribution in [0.1, 0.15) is 32.6 Å². The van der Waals surface area contributed by atoms with Crippen molar-refractivity contribution in [3.8, 4) is 5.92 Å². The second-order valence-corrected chi connectivity index (χ2v) is 1.63. The molecule has 0 N–H and O–H groups in total. The average Bonchev–Trinajstić information content (AvgIpc) is 1.69. The molecule has 0 heterocycles. The number of rotatable bonds is 3. The SMILES string of the molecule is [C-]#CCCCCC.[Cl-].[Mg+2]. The first kappa shape index (κ1) is 16.3. The molecular formula is C7H11ClMg. The minimum atomic E-state index is 0. The first-order valence-corrected chi connectivity index (χ1v) is 2.81. The number of hydrogen-bond acceptors (Lipinski definition) is 0. The Balaban J connectivity index is -0.000000180. The van der Waals surface area contributed by atoms with Gasteiger partial charge >= 0.3 is 23.1 Å². The molecule has 0 saturated heterocycles. The Bertz CT molecular complexity index is 65.8. The molecule has 0 aliphatic heterocycles. The fraction of sp³-hybridized carbons (Fsp3) is 0.714. The van der Waals surface area contributed by atoms with Gasteiger partial charge < -0.3 is 24.8 Å². The summed E-state index contributed by atoms with van der Waals surface area (Å²) in [6.45, 7) is 2.16. The Labute approximate surface area is 80.4 Å². The molecule has 0 aromatic rings. The Morgan fingerprint density at radius 2 is 1.89 bits per heavy atom. The second kappa shape index (κ2) is 15.8.